The highest BCUT2D eigenvalue weighted by atomic mass is 16.5. The van der Waals surface area contributed by atoms with Crippen molar-refractivity contribution in [3.63, 3.8) is 0 Å². The standard InChI is InChI=1S/C14H18N2O3/c15-10-1-2-12(11(7-10)14(17)18)19-13-8-16-5-3-9(13)4-6-16/h1-2,7,9,13H,3-6,8,15H2,(H,17,18). The Labute approximate surface area is 112 Å². The van der Waals surface area contributed by atoms with Crippen LogP contribution in [-0.2, 0) is 0 Å². The molecule has 4 rings (SSSR count). The van der Waals surface area contributed by atoms with Crippen LogP contribution >= 0.6 is 0 Å². The highest BCUT2D eigenvalue weighted by Crippen LogP contribution is 2.32. The van der Waals surface area contributed by atoms with E-state index >= 15 is 0 Å². The van der Waals surface area contributed by atoms with Crippen LogP contribution in [0.3, 0.4) is 0 Å². The predicted octanol–water partition coefficient (Wildman–Crippen LogP) is 1.44. The Morgan fingerprint density at radius 1 is 1.37 bits per heavy atom. The second-order valence-corrected chi connectivity index (χ2v) is 5.36. The van der Waals surface area contributed by atoms with Crippen LogP contribution in [0.1, 0.15) is 23.2 Å². The maximum absolute atomic E-state index is 11.2. The number of nitrogen functional groups attached to an aromatic ring is 1. The van der Waals surface area contributed by atoms with Gasteiger partial charge in [0.1, 0.15) is 17.4 Å². The molecule has 1 aromatic rings. The second kappa shape index (κ2) is 4.74. The molecule has 3 aliphatic heterocycles. The topological polar surface area (TPSA) is 75.8 Å². The van der Waals surface area contributed by atoms with E-state index in [1.54, 1.807) is 12.1 Å². The number of carboxylic acid groups (broad SMARTS) is 1. The van der Waals surface area contributed by atoms with Gasteiger partial charge in [0.25, 0.3) is 0 Å². The van der Waals surface area contributed by atoms with Crippen molar-refractivity contribution in [2.45, 2.75) is 18.9 Å². The van der Waals surface area contributed by atoms with Gasteiger partial charge in [0.15, 0.2) is 0 Å². The average molecular weight is 262 g/mol. The van der Waals surface area contributed by atoms with Gasteiger partial charge in [-0.25, -0.2) is 4.79 Å². The summed E-state index contributed by atoms with van der Waals surface area (Å²) in [7, 11) is 0. The first-order chi connectivity index (χ1) is 9.13. The lowest BCUT2D eigenvalue weighted by Gasteiger charge is -2.44. The van der Waals surface area contributed by atoms with Crippen LogP contribution in [0.2, 0.25) is 0 Å². The molecule has 1 atom stereocenters. The fourth-order valence-electron chi connectivity index (χ4n) is 3.02. The Hall–Kier alpha value is -1.75. The van der Waals surface area contributed by atoms with Crippen LogP contribution in [0.4, 0.5) is 5.69 Å². The Kier molecular flexibility index (Phi) is 3.06. The monoisotopic (exact) mass is 262 g/mol. The molecule has 19 heavy (non-hydrogen) atoms. The number of ether oxygens (including phenoxy) is 1. The Bertz CT molecular complexity index is 495. The highest BCUT2D eigenvalue weighted by molar-refractivity contribution is 5.92. The maximum Gasteiger partial charge on any atom is 0.339 e. The van der Waals surface area contributed by atoms with E-state index in [0.717, 1.165) is 32.5 Å². The zero-order valence-corrected chi connectivity index (χ0v) is 10.7. The molecular formula is C14H18N2O3. The average Bonchev–Trinajstić information content (AvgIpc) is 2.42. The molecule has 0 aliphatic carbocycles. The van der Waals surface area contributed by atoms with Crippen molar-refractivity contribution in [1.82, 2.24) is 4.90 Å². The third-order valence-corrected chi connectivity index (χ3v) is 4.11. The molecule has 0 radical (unpaired) electrons. The number of hydrogen-bond acceptors (Lipinski definition) is 4. The Morgan fingerprint density at radius 3 is 2.68 bits per heavy atom. The van der Waals surface area contributed by atoms with Gasteiger partial charge in [0.2, 0.25) is 0 Å². The molecule has 0 aromatic heterocycles. The lowest BCUT2D eigenvalue weighted by molar-refractivity contribution is -0.00832. The minimum atomic E-state index is -0.997. The summed E-state index contributed by atoms with van der Waals surface area (Å²) < 4.78 is 5.96. The number of benzene rings is 1. The van der Waals surface area contributed by atoms with E-state index in [9.17, 15) is 9.90 Å². The number of nitrogens with zero attached hydrogens (tertiary/aromatic N) is 1. The highest BCUT2D eigenvalue weighted by Gasteiger charge is 2.36. The number of carboxylic acids is 1. The molecule has 5 heteroatoms. The van der Waals surface area contributed by atoms with E-state index in [4.69, 9.17) is 10.5 Å². The molecule has 3 heterocycles. The number of fused-ring (bicyclic) bond motifs is 3. The molecule has 102 valence electrons. The van der Waals surface area contributed by atoms with Gasteiger partial charge in [0, 0.05) is 12.2 Å². The molecular weight excluding hydrogens is 244 g/mol. The molecule has 3 N–H and O–H groups in total. The van der Waals surface area contributed by atoms with Crippen LogP contribution in [0.15, 0.2) is 18.2 Å². The Morgan fingerprint density at radius 2 is 2.11 bits per heavy atom. The molecule has 3 aliphatic rings. The fourth-order valence-corrected chi connectivity index (χ4v) is 3.02. The number of rotatable bonds is 3. The molecule has 2 bridgehead atoms. The van der Waals surface area contributed by atoms with E-state index in [-0.39, 0.29) is 11.7 Å². The van der Waals surface area contributed by atoms with Crippen LogP contribution in [0.5, 0.6) is 5.75 Å². The van der Waals surface area contributed by atoms with E-state index < -0.39 is 5.97 Å². The summed E-state index contributed by atoms with van der Waals surface area (Å²) in [6.07, 6.45) is 2.38. The number of carbonyl (C=O) groups is 1. The van der Waals surface area contributed by atoms with Crippen LogP contribution in [-0.4, -0.2) is 41.7 Å². The number of piperidine rings is 3. The first-order valence-corrected chi connectivity index (χ1v) is 6.65. The fraction of sp³-hybridized carbons (Fsp3) is 0.500. The van der Waals surface area contributed by atoms with E-state index in [0.29, 0.717) is 17.4 Å². The molecule has 0 amide bonds. The van der Waals surface area contributed by atoms with Crippen molar-refractivity contribution in [3.8, 4) is 5.75 Å². The minimum absolute atomic E-state index is 0.101. The summed E-state index contributed by atoms with van der Waals surface area (Å²) in [5.41, 5.74) is 6.22. The summed E-state index contributed by atoms with van der Waals surface area (Å²) in [5, 5.41) is 9.21. The van der Waals surface area contributed by atoms with Crippen molar-refractivity contribution in [1.29, 1.82) is 0 Å². The number of hydrogen-bond donors (Lipinski definition) is 2. The molecule has 0 saturated carbocycles. The SMILES string of the molecule is Nc1ccc(OC2CN3CCC2CC3)c(C(=O)O)c1. The zero-order valence-electron chi connectivity index (χ0n) is 10.7. The summed E-state index contributed by atoms with van der Waals surface area (Å²) in [6, 6.07) is 4.80. The van der Waals surface area contributed by atoms with Gasteiger partial charge in [-0.05, 0) is 50.0 Å². The zero-order chi connectivity index (χ0) is 13.4. The third-order valence-electron chi connectivity index (χ3n) is 4.11. The van der Waals surface area contributed by atoms with Crippen molar-refractivity contribution >= 4 is 11.7 Å². The quantitative estimate of drug-likeness (QED) is 0.806. The van der Waals surface area contributed by atoms with Gasteiger partial charge in [-0.15, -0.1) is 0 Å². The smallest absolute Gasteiger partial charge is 0.339 e. The van der Waals surface area contributed by atoms with Crippen LogP contribution < -0.4 is 10.5 Å². The lowest BCUT2D eigenvalue weighted by atomic mass is 9.86. The van der Waals surface area contributed by atoms with Gasteiger partial charge >= 0.3 is 5.97 Å². The van der Waals surface area contributed by atoms with Gasteiger partial charge in [-0.2, -0.15) is 0 Å². The summed E-state index contributed by atoms with van der Waals surface area (Å²) in [5.74, 6) is -0.0202. The van der Waals surface area contributed by atoms with Crippen LogP contribution in [0, 0.1) is 5.92 Å². The van der Waals surface area contributed by atoms with Crippen molar-refractivity contribution in [2.75, 3.05) is 25.4 Å². The van der Waals surface area contributed by atoms with Gasteiger partial charge < -0.3 is 15.6 Å². The molecule has 1 unspecified atom stereocenters. The van der Waals surface area contributed by atoms with Gasteiger partial charge in [-0.1, -0.05) is 0 Å². The molecule has 3 saturated heterocycles. The van der Waals surface area contributed by atoms with Crippen molar-refractivity contribution < 1.29 is 14.6 Å². The molecule has 0 spiro atoms. The normalized spacial score (nSPS) is 29.2. The number of nitrogens with two attached hydrogens (primary N) is 1. The summed E-state index contributed by atoms with van der Waals surface area (Å²) >= 11 is 0. The van der Waals surface area contributed by atoms with E-state index in [1.807, 2.05) is 0 Å². The van der Waals surface area contributed by atoms with Gasteiger partial charge in [-0.3, -0.25) is 4.90 Å². The predicted molar refractivity (Wildman–Crippen MR) is 71.4 cm³/mol. The largest absolute Gasteiger partial charge is 0.488 e. The first-order valence-electron chi connectivity index (χ1n) is 6.65. The minimum Gasteiger partial charge on any atom is -0.488 e. The summed E-state index contributed by atoms with van der Waals surface area (Å²) in [4.78, 5) is 13.6. The summed E-state index contributed by atoms with van der Waals surface area (Å²) in [6.45, 7) is 3.17. The van der Waals surface area contributed by atoms with Crippen molar-refractivity contribution in [2.24, 2.45) is 5.92 Å². The molecule has 5 nitrogen and oxygen atoms in total. The molecule has 3 fully saturated rings. The first kappa shape index (κ1) is 12.3. The number of aromatic carboxylic acids is 1. The second-order valence-electron chi connectivity index (χ2n) is 5.36. The molecule has 1 aromatic carbocycles. The Balaban J connectivity index is 1.81. The third kappa shape index (κ3) is 2.38. The maximum atomic E-state index is 11.2. The number of anilines is 1. The lowest BCUT2D eigenvalue weighted by Crippen LogP contribution is -2.52. The van der Waals surface area contributed by atoms with Crippen LogP contribution in [0.25, 0.3) is 0 Å². The van der Waals surface area contributed by atoms with E-state index in [2.05, 4.69) is 4.90 Å². The van der Waals surface area contributed by atoms with Gasteiger partial charge in [0.05, 0.1) is 0 Å². The van der Waals surface area contributed by atoms with Crippen molar-refractivity contribution in [3.05, 3.63) is 23.8 Å². The van der Waals surface area contributed by atoms with E-state index in [1.165, 1.54) is 6.07 Å².